The van der Waals surface area contributed by atoms with Crippen molar-refractivity contribution in [3.8, 4) is 0 Å². The Morgan fingerprint density at radius 2 is 1.84 bits per heavy atom. The minimum absolute atomic E-state index is 0.103. The van der Waals surface area contributed by atoms with E-state index in [-0.39, 0.29) is 5.56 Å². The Hall–Kier alpha value is -1.01. The third-order valence-corrected chi connectivity index (χ3v) is 3.53. The van der Waals surface area contributed by atoms with Gasteiger partial charge >= 0.3 is 0 Å². The summed E-state index contributed by atoms with van der Waals surface area (Å²) >= 11 is 9.38. The lowest BCUT2D eigenvalue weighted by Crippen LogP contribution is -2.29. The molecule has 0 radical (unpaired) electrons. The average molecular weight is 348 g/mol. The third-order valence-electron chi connectivity index (χ3n) is 2.71. The van der Waals surface area contributed by atoms with Gasteiger partial charge in [0.1, 0.15) is 11.6 Å². The first-order chi connectivity index (χ1) is 9.02. The van der Waals surface area contributed by atoms with Crippen LogP contribution in [0.15, 0.2) is 40.9 Å². The summed E-state index contributed by atoms with van der Waals surface area (Å²) in [7, 11) is 0. The SMILES string of the molecule is NNC(c1cc(F)ccc1F)c1ccc(Br)cc1Cl. The Balaban J connectivity index is 2.52. The molecule has 0 aromatic heterocycles. The molecule has 1 unspecified atom stereocenters. The van der Waals surface area contributed by atoms with E-state index in [1.807, 2.05) is 0 Å². The Kier molecular flexibility index (Phi) is 4.52. The molecule has 3 N–H and O–H groups in total. The van der Waals surface area contributed by atoms with Crippen molar-refractivity contribution < 1.29 is 8.78 Å². The molecule has 0 aliphatic heterocycles. The second kappa shape index (κ2) is 5.96. The van der Waals surface area contributed by atoms with Crippen molar-refractivity contribution in [1.29, 1.82) is 0 Å². The van der Waals surface area contributed by atoms with E-state index >= 15 is 0 Å². The van der Waals surface area contributed by atoms with Crippen molar-refractivity contribution in [3.05, 3.63) is 68.7 Å². The Bertz CT molecular complexity index is 607. The molecule has 0 heterocycles. The van der Waals surface area contributed by atoms with Crippen molar-refractivity contribution in [1.82, 2.24) is 5.43 Å². The van der Waals surface area contributed by atoms with Crippen LogP contribution < -0.4 is 11.3 Å². The fourth-order valence-electron chi connectivity index (χ4n) is 1.82. The van der Waals surface area contributed by atoms with Crippen LogP contribution in [-0.4, -0.2) is 0 Å². The molecule has 0 saturated carbocycles. The number of nitrogens with one attached hydrogen (secondary N) is 1. The highest BCUT2D eigenvalue weighted by atomic mass is 79.9. The maximum absolute atomic E-state index is 13.8. The molecule has 100 valence electrons. The molecule has 0 amide bonds. The van der Waals surface area contributed by atoms with Gasteiger partial charge in [0.2, 0.25) is 0 Å². The lowest BCUT2D eigenvalue weighted by Gasteiger charge is -2.19. The Morgan fingerprint density at radius 3 is 2.47 bits per heavy atom. The number of hydrogen-bond acceptors (Lipinski definition) is 2. The van der Waals surface area contributed by atoms with Crippen molar-refractivity contribution in [2.45, 2.75) is 6.04 Å². The van der Waals surface area contributed by atoms with E-state index in [0.29, 0.717) is 10.6 Å². The van der Waals surface area contributed by atoms with Gasteiger partial charge in [-0.25, -0.2) is 14.2 Å². The van der Waals surface area contributed by atoms with Crippen molar-refractivity contribution >= 4 is 27.5 Å². The summed E-state index contributed by atoms with van der Waals surface area (Å²) in [6.07, 6.45) is 0. The number of hydrazine groups is 1. The van der Waals surface area contributed by atoms with Crippen LogP contribution in [0.4, 0.5) is 8.78 Å². The van der Waals surface area contributed by atoms with Gasteiger partial charge in [-0.1, -0.05) is 33.6 Å². The summed E-state index contributed by atoms with van der Waals surface area (Å²) in [5, 5.41) is 0.404. The second-order valence-corrected chi connectivity index (χ2v) is 5.25. The number of nitrogens with two attached hydrogens (primary N) is 1. The van der Waals surface area contributed by atoms with Crippen LogP contribution in [0.3, 0.4) is 0 Å². The molecular formula is C13H10BrClF2N2. The minimum atomic E-state index is -0.726. The predicted octanol–water partition coefficient (Wildman–Crippen LogP) is 3.93. The number of halogens is 4. The maximum atomic E-state index is 13.8. The van der Waals surface area contributed by atoms with Gasteiger partial charge in [0.25, 0.3) is 0 Å². The monoisotopic (exact) mass is 346 g/mol. The molecule has 0 fully saturated rings. The molecule has 0 aliphatic carbocycles. The molecule has 2 aromatic carbocycles. The lowest BCUT2D eigenvalue weighted by atomic mass is 9.98. The zero-order valence-corrected chi connectivity index (χ0v) is 12.0. The topological polar surface area (TPSA) is 38.0 Å². The van der Waals surface area contributed by atoms with Crippen LogP contribution in [0, 0.1) is 11.6 Å². The third kappa shape index (κ3) is 3.12. The van der Waals surface area contributed by atoms with E-state index in [1.54, 1.807) is 18.2 Å². The summed E-state index contributed by atoms with van der Waals surface area (Å²) in [6.45, 7) is 0. The maximum Gasteiger partial charge on any atom is 0.128 e. The number of benzene rings is 2. The van der Waals surface area contributed by atoms with Gasteiger partial charge in [-0.05, 0) is 35.9 Å². The molecule has 0 aliphatic rings. The van der Waals surface area contributed by atoms with Gasteiger partial charge in [0, 0.05) is 15.1 Å². The molecule has 0 saturated heterocycles. The molecule has 6 heteroatoms. The van der Waals surface area contributed by atoms with Crippen molar-refractivity contribution in [3.63, 3.8) is 0 Å². The first-order valence-corrected chi connectivity index (χ1v) is 6.56. The highest BCUT2D eigenvalue weighted by Crippen LogP contribution is 2.31. The van der Waals surface area contributed by atoms with Crippen LogP contribution in [0.25, 0.3) is 0 Å². The van der Waals surface area contributed by atoms with E-state index in [4.69, 9.17) is 17.4 Å². The summed E-state index contributed by atoms with van der Waals surface area (Å²) in [5.74, 6) is 4.36. The van der Waals surface area contributed by atoms with Gasteiger partial charge in [0.05, 0.1) is 6.04 Å². The highest BCUT2D eigenvalue weighted by molar-refractivity contribution is 9.10. The summed E-state index contributed by atoms with van der Waals surface area (Å²) < 4.78 is 27.8. The van der Waals surface area contributed by atoms with Crippen LogP contribution in [0.1, 0.15) is 17.2 Å². The molecule has 0 spiro atoms. The van der Waals surface area contributed by atoms with Gasteiger partial charge in [-0.2, -0.15) is 0 Å². The standard InChI is InChI=1S/C13H10BrClF2N2/c14-7-1-3-9(11(15)5-7)13(19-18)10-6-8(16)2-4-12(10)17/h1-6,13,19H,18H2. The average Bonchev–Trinajstić information content (AvgIpc) is 2.36. The molecule has 2 nitrogen and oxygen atoms in total. The highest BCUT2D eigenvalue weighted by Gasteiger charge is 2.19. The van der Waals surface area contributed by atoms with Crippen LogP contribution in [0.2, 0.25) is 5.02 Å². The van der Waals surface area contributed by atoms with Gasteiger partial charge in [-0.15, -0.1) is 0 Å². The normalized spacial score (nSPS) is 12.5. The Morgan fingerprint density at radius 1 is 1.11 bits per heavy atom. The quantitative estimate of drug-likeness (QED) is 0.652. The summed E-state index contributed by atoms with van der Waals surface area (Å²) in [6, 6.07) is 7.59. The van der Waals surface area contributed by atoms with E-state index in [1.165, 1.54) is 0 Å². The molecular weight excluding hydrogens is 338 g/mol. The zero-order chi connectivity index (χ0) is 14.0. The smallest absolute Gasteiger partial charge is 0.128 e. The molecule has 0 bridgehead atoms. The van der Waals surface area contributed by atoms with Crippen LogP contribution in [0.5, 0.6) is 0 Å². The first kappa shape index (κ1) is 14.4. The van der Waals surface area contributed by atoms with E-state index in [2.05, 4.69) is 21.4 Å². The van der Waals surface area contributed by atoms with Crippen LogP contribution >= 0.6 is 27.5 Å². The molecule has 2 aromatic rings. The minimum Gasteiger partial charge on any atom is -0.271 e. The fourth-order valence-corrected chi connectivity index (χ4v) is 2.60. The predicted molar refractivity (Wildman–Crippen MR) is 74.7 cm³/mol. The van der Waals surface area contributed by atoms with Gasteiger partial charge in [0.15, 0.2) is 0 Å². The summed E-state index contributed by atoms with van der Waals surface area (Å²) in [4.78, 5) is 0. The molecule has 19 heavy (non-hydrogen) atoms. The van der Waals surface area contributed by atoms with E-state index < -0.39 is 17.7 Å². The van der Waals surface area contributed by atoms with E-state index in [0.717, 1.165) is 22.7 Å². The van der Waals surface area contributed by atoms with E-state index in [9.17, 15) is 8.78 Å². The fraction of sp³-hybridized carbons (Fsp3) is 0.0769. The van der Waals surface area contributed by atoms with Gasteiger partial charge < -0.3 is 0 Å². The van der Waals surface area contributed by atoms with Crippen molar-refractivity contribution in [2.75, 3.05) is 0 Å². The number of hydrogen-bond donors (Lipinski definition) is 2. The number of rotatable bonds is 3. The summed E-state index contributed by atoms with van der Waals surface area (Å²) in [5.41, 5.74) is 3.13. The first-order valence-electron chi connectivity index (χ1n) is 5.39. The largest absolute Gasteiger partial charge is 0.271 e. The second-order valence-electron chi connectivity index (χ2n) is 3.93. The molecule has 2 rings (SSSR count). The zero-order valence-electron chi connectivity index (χ0n) is 9.63. The Labute approximate surface area is 122 Å². The van der Waals surface area contributed by atoms with Crippen molar-refractivity contribution in [2.24, 2.45) is 5.84 Å². The van der Waals surface area contributed by atoms with Crippen LogP contribution in [-0.2, 0) is 0 Å². The van der Waals surface area contributed by atoms with Gasteiger partial charge in [-0.3, -0.25) is 5.84 Å². The molecule has 1 atom stereocenters. The lowest BCUT2D eigenvalue weighted by molar-refractivity contribution is 0.545.